The SMILES string of the molecule is F[B-](F)(F)F.N#[N+]c1ccc(N)cc1. The molecular weight excluding hydrogens is 201 g/mol. The first-order chi connectivity index (χ1) is 6.33. The summed E-state index contributed by atoms with van der Waals surface area (Å²) in [6, 6.07) is 6.62. The van der Waals surface area contributed by atoms with Crippen LogP contribution in [0.3, 0.4) is 0 Å². The van der Waals surface area contributed by atoms with Crippen LogP contribution in [0, 0.1) is 5.39 Å². The number of hydrogen-bond acceptors (Lipinski definition) is 2. The zero-order valence-corrected chi connectivity index (χ0v) is 6.87. The summed E-state index contributed by atoms with van der Waals surface area (Å²) >= 11 is 0. The molecule has 8 heteroatoms. The van der Waals surface area contributed by atoms with Crippen LogP contribution in [0.1, 0.15) is 0 Å². The maximum absolute atomic E-state index is 9.75. The van der Waals surface area contributed by atoms with Gasteiger partial charge in [-0.15, -0.1) is 0 Å². The van der Waals surface area contributed by atoms with Crippen molar-refractivity contribution in [2.75, 3.05) is 5.73 Å². The van der Waals surface area contributed by atoms with Gasteiger partial charge in [-0.2, -0.15) is 0 Å². The van der Waals surface area contributed by atoms with E-state index in [1.165, 1.54) is 0 Å². The molecular formula is C6H6BF4N3. The average molecular weight is 207 g/mol. The third-order valence-corrected chi connectivity index (χ3v) is 1.01. The quantitative estimate of drug-likeness (QED) is 0.307. The number of hydrogen-bond donors (Lipinski definition) is 1. The second kappa shape index (κ2) is 5.06. The summed E-state index contributed by atoms with van der Waals surface area (Å²) in [5.41, 5.74) is 6.54. The number of nitrogens with two attached hydrogens (primary N) is 1. The van der Waals surface area contributed by atoms with E-state index in [0.29, 0.717) is 11.4 Å². The van der Waals surface area contributed by atoms with Gasteiger partial charge in [-0.05, 0) is 12.1 Å². The molecule has 2 N–H and O–H groups in total. The Morgan fingerprint density at radius 1 is 1.07 bits per heavy atom. The highest BCUT2D eigenvalue weighted by Gasteiger charge is 2.20. The summed E-state index contributed by atoms with van der Waals surface area (Å²) in [7, 11) is -6.00. The topological polar surface area (TPSA) is 54.2 Å². The summed E-state index contributed by atoms with van der Waals surface area (Å²) in [4.78, 5) is 2.96. The second-order valence-corrected chi connectivity index (χ2v) is 2.19. The van der Waals surface area contributed by atoms with Gasteiger partial charge in [0.2, 0.25) is 5.39 Å². The minimum Gasteiger partial charge on any atom is -0.418 e. The highest BCUT2D eigenvalue weighted by atomic mass is 19.5. The molecule has 0 amide bonds. The molecule has 0 fully saturated rings. The summed E-state index contributed by atoms with van der Waals surface area (Å²) in [6.07, 6.45) is 0. The lowest BCUT2D eigenvalue weighted by atomic mass is 10.3. The van der Waals surface area contributed by atoms with Crippen LogP contribution in [-0.4, -0.2) is 7.25 Å². The largest absolute Gasteiger partial charge is 0.673 e. The van der Waals surface area contributed by atoms with Gasteiger partial charge in [0.15, 0.2) is 4.98 Å². The minimum absolute atomic E-state index is 0.518. The first kappa shape index (κ1) is 12.2. The van der Waals surface area contributed by atoms with Crippen LogP contribution in [-0.2, 0) is 0 Å². The summed E-state index contributed by atoms with van der Waals surface area (Å²) in [5, 5.41) is 8.21. The molecule has 1 aromatic rings. The van der Waals surface area contributed by atoms with Crippen LogP contribution in [0.25, 0.3) is 4.98 Å². The monoisotopic (exact) mass is 207 g/mol. The lowest BCUT2D eigenvalue weighted by Crippen LogP contribution is -2.02. The van der Waals surface area contributed by atoms with Crippen molar-refractivity contribution < 1.29 is 17.3 Å². The third kappa shape index (κ3) is 8.32. The fourth-order valence-electron chi connectivity index (χ4n) is 0.541. The van der Waals surface area contributed by atoms with Gasteiger partial charge < -0.3 is 23.0 Å². The first-order valence-corrected chi connectivity index (χ1v) is 3.41. The van der Waals surface area contributed by atoms with Crippen molar-refractivity contribution >= 4 is 18.6 Å². The molecule has 3 nitrogen and oxygen atoms in total. The molecule has 0 radical (unpaired) electrons. The molecule has 0 atom stereocenters. The maximum Gasteiger partial charge on any atom is 0.673 e. The fourth-order valence-corrected chi connectivity index (χ4v) is 0.541. The minimum atomic E-state index is -6.00. The predicted molar refractivity (Wildman–Crippen MR) is 45.8 cm³/mol. The predicted octanol–water partition coefficient (Wildman–Crippen LogP) is 3.05. The van der Waals surface area contributed by atoms with Gasteiger partial charge in [-0.1, -0.05) is 0 Å². The first-order valence-electron chi connectivity index (χ1n) is 3.41. The Morgan fingerprint density at radius 2 is 1.43 bits per heavy atom. The Morgan fingerprint density at radius 3 is 1.71 bits per heavy atom. The van der Waals surface area contributed by atoms with Crippen molar-refractivity contribution in [3.05, 3.63) is 29.2 Å². The van der Waals surface area contributed by atoms with E-state index in [1.54, 1.807) is 24.3 Å². The van der Waals surface area contributed by atoms with Crippen LogP contribution in [0.2, 0.25) is 0 Å². The van der Waals surface area contributed by atoms with E-state index in [9.17, 15) is 17.3 Å². The second-order valence-electron chi connectivity index (χ2n) is 2.19. The van der Waals surface area contributed by atoms with Gasteiger partial charge >= 0.3 is 12.9 Å². The van der Waals surface area contributed by atoms with Crippen LogP contribution in [0.5, 0.6) is 0 Å². The molecule has 0 bridgehead atoms. The van der Waals surface area contributed by atoms with E-state index in [4.69, 9.17) is 11.1 Å². The van der Waals surface area contributed by atoms with Gasteiger partial charge in [0, 0.05) is 17.8 Å². The van der Waals surface area contributed by atoms with Crippen molar-refractivity contribution in [1.29, 1.82) is 5.39 Å². The van der Waals surface area contributed by atoms with Crippen LogP contribution in [0.15, 0.2) is 24.3 Å². The van der Waals surface area contributed by atoms with E-state index in [0.717, 1.165) is 0 Å². The standard InChI is InChI=1S/C6H6N3.BF4/c7-5-1-3-6(9-8)4-2-5;2-1(3,4)5/h1-4H,7H2;/q+1;-1. The molecule has 0 aliphatic rings. The molecule has 0 saturated heterocycles. The normalized spacial score (nSPS) is 9.64. The lowest BCUT2D eigenvalue weighted by molar-refractivity contribution is 0.368. The number of nitrogens with zero attached hydrogens (tertiary/aromatic N) is 2. The number of diazo groups is 1. The van der Waals surface area contributed by atoms with Gasteiger partial charge in [-0.25, -0.2) is 0 Å². The molecule has 14 heavy (non-hydrogen) atoms. The van der Waals surface area contributed by atoms with E-state index in [-0.39, 0.29) is 0 Å². The molecule has 1 rings (SSSR count). The lowest BCUT2D eigenvalue weighted by Gasteiger charge is -1.94. The van der Waals surface area contributed by atoms with Crippen molar-refractivity contribution in [3.8, 4) is 0 Å². The third-order valence-electron chi connectivity index (χ3n) is 1.01. The molecule has 0 spiro atoms. The number of benzene rings is 1. The number of halogens is 4. The summed E-state index contributed by atoms with van der Waals surface area (Å²) < 4.78 is 39.0. The fraction of sp³-hybridized carbons (Fsp3) is 0. The van der Waals surface area contributed by atoms with Crippen LogP contribution >= 0.6 is 0 Å². The Labute approximate surface area is 77.3 Å². The molecule has 0 aliphatic carbocycles. The van der Waals surface area contributed by atoms with Crippen LogP contribution in [0.4, 0.5) is 28.6 Å². The molecule has 0 saturated carbocycles. The summed E-state index contributed by atoms with van der Waals surface area (Å²) in [6.45, 7) is 0. The maximum atomic E-state index is 9.75. The van der Waals surface area contributed by atoms with Gasteiger partial charge in [0.05, 0.1) is 0 Å². The molecule has 0 aromatic heterocycles. The molecule has 0 aliphatic heterocycles. The van der Waals surface area contributed by atoms with Crippen LogP contribution < -0.4 is 5.73 Å². The smallest absolute Gasteiger partial charge is 0.418 e. The zero-order chi connectivity index (χ0) is 11.2. The summed E-state index contributed by atoms with van der Waals surface area (Å²) in [5.74, 6) is 0. The van der Waals surface area contributed by atoms with Gasteiger partial charge in [-0.3, -0.25) is 0 Å². The average Bonchev–Trinajstić information content (AvgIpc) is 2.03. The Hall–Kier alpha value is -1.78. The van der Waals surface area contributed by atoms with Gasteiger partial charge in [0.1, 0.15) is 0 Å². The van der Waals surface area contributed by atoms with Crippen molar-refractivity contribution in [1.82, 2.24) is 0 Å². The Kier molecular flexibility index (Phi) is 4.42. The molecule has 0 unspecified atom stereocenters. The molecule has 76 valence electrons. The Balaban J connectivity index is 0.000000292. The van der Waals surface area contributed by atoms with Crippen molar-refractivity contribution in [2.24, 2.45) is 0 Å². The van der Waals surface area contributed by atoms with Crippen molar-refractivity contribution in [3.63, 3.8) is 0 Å². The van der Waals surface area contributed by atoms with Crippen molar-refractivity contribution in [2.45, 2.75) is 0 Å². The van der Waals surface area contributed by atoms with E-state index >= 15 is 0 Å². The van der Waals surface area contributed by atoms with E-state index in [2.05, 4.69) is 4.98 Å². The highest BCUT2D eigenvalue weighted by Crippen LogP contribution is 2.12. The van der Waals surface area contributed by atoms with E-state index < -0.39 is 7.25 Å². The zero-order valence-electron chi connectivity index (χ0n) is 6.87. The number of rotatable bonds is 0. The number of anilines is 1. The Bertz CT molecular complexity index is 309. The van der Waals surface area contributed by atoms with E-state index in [1.807, 2.05) is 0 Å². The van der Waals surface area contributed by atoms with Gasteiger partial charge in [0.25, 0.3) is 0 Å². The molecule has 0 heterocycles. The number of nitrogen functional groups attached to an aromatic ring is 1. The highest BCUT2D eigenvalue weighted by molar-refractivity contribution is 6.50. The molecule has 1 aromatic carbocycles.